The summed E-state index contributed by atoms with van der Waals surface area (Å²) in [5, 5.41) is 18.7. The molecule has 2 aromatic carbocycles. The highest BCUT2D eigenvalue weighted by molar-refractivity contribution is 5.94. The predicted molar refractivity (Wildman–Crippen MR) is 123 cm³/mol. The first kappa shape index (κ1) is 21.7. The van der Waals surface area contributed by atoms with E-state index in [9.17, 15) is 14.9 Å². The zero-order valence-electron chi connectivity index (χ0n) is 18.4. The number of non-ortho nitro benzene ring substituents is 1. The van der Waals surface area contributed by atoms with Crippen LogP contribution in [0.25, 0.3) is 16.9 Å². The van der Waals surface area contributed by atoms with E-state index < -0.39 is 4.92 Å². The van der Waals surface area contributed by atoms with E-state index in [1.807, 2.05) is 32.0 Å². The Morgan fingerprint density at radius 2 is 1.78 bits per heavy atom. The Bertz CT molecular complexity index is 1130. The van der Waals surface area contributed by atoms with Gasteiger partial charge in [-0.2, -0.15) is 5.10 Å². The second-order valence-corrected chi connectivity index (χ2v) is 8.20. The van der Waals surface area contributed by atoms with Crippen molar-refractivity contribution in [2.75, 3.05) is 26.2 Å². The molecule has 0 aliphatic carbocycles. The van der Waals surface area contributed by atoms with Crippen LogP contribution < -0.4 is 5.32 Å². The molecule has 0 saturated carbocycles. The summed E-state index contributed by atoms with van der Waals surface area (Å²) in [5.74, 6) is -0.217. The highest BCUT2D eigenvalue weighted by Crippen LogP contribution is 2.25. The first-order valence-corrected chi connectivity index (χ1v) is 10.9. The fourth-order valence-corrected chi connectivity index (χ4v) is 3.92. The average molecular weight is 434 g/mol. The molecule has 32 heavy (non-hydrogen) atoms. The molecule has 1 aliphatic rings. The second-order valence-electron chi connectivity index (χ2n) is 8.20. The number of rotatable bonds is 7. The van der Waals surface area contributed by atoms with Crippen LogP contribution in [0.5, 0.6) is 0 Å². The molecule has 1 fully saturated rings. The zero-order chi connectivity index (χ0) is 22.7. The molecule has 0 unspecified atom stereocenters. The Hall–Kier alpha value is -3.52. The molecule has 3 aromatic rings. The third kappa shape index (κ3) is 4.70. The van der Waals surface area contributed by atoms with Crippen LogP contribution in [0.4, 0.5) is 5.69 Å². The second kappa shape index (κ2) is 9.32. The van der Waals surface area contributed by atoms with Crippen LogP contribution in [-0.4, -0.2) is 51.7 Å². The molecule has 1 amide bonds. The fourth-order valence-electron chi connectivity index (χ4n) is 3.92. The van der Waals surface area contributed by atoms with Crippen molar-refractivity contribution in [3.8, 4) is 16.9 Å². The number of nitro groups is 1. The number of nitrogens with one attached hydrogen (secondary N) is 1. The normalized spacial score (nSPS) is 13.9. The van der Waals surface area contributed by atoms with E-state index in [1.165, 1.54) is 30.5 Å². The summed E-state index contributed by atoms with van der Waals surface area (Å²) in [4.78, 5) is 26.0. The number of likely N-dealkylation sites (tertiary alicyclic amines) is 1. The molecule has 0 bridgehead atoms. The van der Waals surface area contributed by atoms with Crippen LogP contribution in [0.15, 0.2) is 48.5 Å². The molecule has 4 rings (SSSR count). The lowest BCUT2D eigenvalue weighted by Gasteiger charge is -2.15. The summed E-state index contributed by atoms with van der Waals surface area (Å²) in [6, 6.07) is 13.9. The van der Waals surface area contributed by atoms with Crippen molar-refractivity contribution in [1.82, 2.24) is 20.0 Å². The molecule has 1 saturated heterocycles. The third-order valence-corrected chi connectivity index (χ3v) is 5.96. The van der Waals surface area contributed by atoms with Gasteiger partial charge < -0.3 is 10.2 Å². The van der Waals surface area contributed by atoms with E-state index in [1.54, 1.807) is 22.9 Å². The van der Waals surface area contributed by atoms with Gasteiger partial charge in [-0.05, 0) is 75.2 Å². The third-order valence-electron chi connectivity index (χ3n) is 5.96. The Labute approximate surface area is 187 Å². The molecule has 166 valence electrons. The van der Waals surface area contributed by atoms with E-state index in [-0.39, 0.29) is 11.6 Å². The quantitative estimate of drug-likeness (QED) is 0.451. The first-order valence-electron chi connectivity index (χ1n) is 10.9. The topological polar surface area (TPSA) is 93.3 Å². The van der Waals surface area contributed by atoms with Gasteiger partial charge in [-0.25, -0.2) is 4.68 Å². The van der Waals surface area contributed by atoms with Gasteiger partial charge in [0.05, 0.1) is 16.3 Å². The molecule has 8 nitrogen and oxygen atoms in total. The van der Waals surface area contributed by atoms with Gasteiger partial charge in [0.2, 0.25) is 0 Å². The van der Waals surface area contributed by atoms with Gasteiger partial charge >= 0.3 is 0 Å². The van der Waals surface area contributed by atoms with E-state index in [4.69, 9.17) is 0 Å². The minimum atomic E-state index is -0.445. The Morgan fingerprint density at radius 3 is 2.44 bits per heavy atom. The number of nitro benzene ring substituents is 1. The van der Waals surface area contributed by atoms with Crippen molar-refractivity contribution in [2.24, 2.45) is 0 Å². The molecular weight excluding hydrogens is 406 g/mol. The first-order chi connectivity index (χ1) is 15.4. The van der Waals surface area contributed by atoms with Crippen molar-refractivity contribution in [3.63, 3.8) is 0 Å². The number of hydrogen-bond acceptors (Lipinski definition) is 5. The lowest BCUT2D eigenvalue weighted by atomic mass is 10.0. The number of aromatic nitrogens is 2. The Morgan fingerprint density at radius 1 is 1.06 bits per heavy atom. The molecular formula is C24H27N5O3. The molecule has 1 aromatic heterocycles. The predicted octanol–water partition coefficient (Wildman–Crippen LogP) is 3.89. The summed E-state index contributed by atoms with van der Waals surface area (Å²) in [7, 11) is 0. The largest absolute Gasteiger partial charge is 0.349 e. The van der Waals surface area contributed by atoms with Gasteiger partial charge in [-0.3, -0.25) is 14.9 Å². The lowest BCUT2D eigenvalue weighted by Crippen LogP contribution is -2.34. The minimum absolute atomic E-state index is 0.00750. The molecule has 0 radical (unpaired) electrons. The van der Waals surface area contributed by atoms with Crippen LogP contribution in [-0.2, 0) is 0 Å². The van der Waals surface area contributed by atoms with Gasteiger partial charge in [0, 0.05) is 30.8 Å². The fraction of sp³-hybridized carbons (Fsp3) is 0.333. The number of benzene rings is 2. The van der Waals surface area contributed by atoms with Crippen LogP contribution >= 0.6 is 0 Å². The van der Waals surface area contributed by atoms with E-state index in [0.717, 1.165) is 30.8 Å². The summed E-state index contributed by atoms with van der Waals surface area (Å²) >= 11 is 0. The van der Waals surface area contributed by atoms with E-state index in [0.29, 0.717) is 23.6 Å². The van der Waals surface area contributed by atoms with Crippen molar-refractivity contribution in [1.29, 1.82) is 0 Å². The minimum Gasteiger partial charge on any atom is -0.349 e. The highest BCUT2D eigenvalue weighted by Gasteiger charge is 2.19. The number of carbonyl (C=O) groups is 1. The molecule has 1 aliphatic heterocycles. The zero-order valence-corrected chi connectivity index (χ0v) is 18.4. The van der Waals surface area contributed by atoms with Crippen molar-refractivity contribution < 1.29 is 9.72 Å². The molecule has 0 atom stereocenters. The van der Waals surface area contributed by atoms with Gasteiger partial charge in [0.15, 0.2) is 0 Å². The monoisotopic (exact) mass is 433 g/mol. The van der Waals surface area contributed by atoms with Crippen LogP contribution in [0.1, 0.15) is 34.5 Å². The summed E-state index contributed by atoms with van der Waals surface area (Å²) in [6.07, 6.45) is 2.42. The van der Waals surface area contributed by atoms with Crippen LogP contribution in [0.3, 0.4) is 0 Å². The van der Waals surface area contributed by atoms with Gasteiger partial charge in [-0.1, -0.05) is 12.1 Å². The number of amides is 1. The number of nitrogens with zero attached hydrogens (tertiary/aromatic N) is 4. The van der Waals surface area contributed by atoms with Gasteiger partial charge in [0.1, 0.15) is 5.69 Å². The number of hydrogen-bond donors (Lipinski definition) is 1. The van der Waals surface area contributed by atoms with Crippen molar-refractivity contribution in [3.05, 3.63) is 75.5 Å². The Balaban J connectivity index is 1.64. The average Bonchev–Trinajstić information content (AvgIpc) is 3.46. The summed E-state index contributed by atoms with van der Waals surface area (Å²) in [5.41, 5.74) is 4.90. The maximum Gasteiger partial charge on any atom is 0.270 e. The number of carbonyl (C=O) groups excluding carboxylic acids is 1. The van der Waals surface area contributed by atoms with Crippen LogP contribution in [0.2, 0.25) is 0 Å². The molecule has 1 N–H and O–H groups in total. The summed E-state index contributed by atoms with van der Waals surface area (Å²) in [6.45, 7) is 7.62. The molecule has 2 heterocycles. The standard InChI is InChI=1S/C24H27N5O3/c1-17-5-6-19(15-18(17)2)22-16-23(24(30)25-11-14-27-12-3-4-13-27)28(26-22)20-7-9-21(10-8-20)29(31)32/h5-10,15-16H,3-4,11-14H2,1-2H3,(H,25,30). The van der Waals surface area contributed by atoms with E-state index >= 15 is 0 Å². The highest BCUT2D eigenvalue weighted by atomic mass is 16.6. The number of aryl methyl sites for hydroxylation is 2. The van der Waals surface area contributed by atoms with Gasteiger partial charge in [-0.15, -0.1) is 0 Å². The Kier molecular flexibility index (Phi) is 6.32. The maximum absolute atomic E-state index is 13.1. The van der Waals surface area contributed by atoms with E-state index in [2.05, 4.69) is 15.3 Å². The maximum atomic E-state index is 13.1. The van der Waals surface area contributed by atoms with Gasteiger partial charge in [0.25, 0.3) is 11.6 Å². The van der Waals surface area contributed by atoms with Crippen molar-refractivity contribution >= 4 is 11.6 Å². The SMILES string of the molecule is Cc1ccc(-c2cc(C(=O)NCCN3CCCC3)n(-c3ccc([N+](=O)[O-])cc3)n2)cc1C. The summed E-state index contributed by atoms with van der Waals surface area (Å²) < 4.78 is 1.55. The van der Waals surface area contributed by atoms with Crippen LogP contribution in [0, 0.1) is 24.0 Å². The van der Waals surface area contributed by atoms with Crippen molar-refractivity contribution in [2.45, 2.75) is 26.7 Å². The molecule has 8 heteroatoms. The molecule has 0 spiro atoms. The smallest absolute Gasteiger partial charge is 0.270 e. The lowest BCUT2D eigenvalue weighted by molar-refractivity contribution is -0.384.